The number of piperidine rings is 1. The zero-order chi connectivity index (χ0) is 9.52. The van der Waals surface area contributed by atoms with Crippen molar-refractivity contribution in [3.05, 3.63) is 0 Å². The molecule has 1 aliphatic heterocycles. The summed E-state index contributed by atoms with van der Waals surface area (Å²) >= 11 is 0. The van der Waals surface area contributed by atoms with Gasteiger partial charge in [-0.2, -0.15) is 0 Å². The molecule has 1 saturated heterocycles. The van der Waals surface area contributed by atoms with E-state index < -0.39 is 0 Å². The average Bonchev–Trinajstić information content (AvgIpc) is 2.19. The maximum absolute atomic E-state index is 11.5. The number of amides is 1. The number of likely N-dealkylation sites (tertiary alicyclic amines) is 1. The predicted octanol–water partition coefficient (Wildman–Crippen LogP) is 1.80. The minimum Gasteiger partial charge on any atom is -0.342 e. The van der Waals surface area contributed by atoms with Gasteiger partial charge in [-0.3, -0.25) is 4.79 Å². The molecule has 0 saturated carbocycles. The molecule has 0 aromatic rings. The van der Waals surface area contributed by atoms with Gasteiger partial charge in [-0.15, -0.1) is 5.92 Å². The largest absolute Gasteiger partial charge is 0.342 e. The molecule has 0 N–H and O–H groups in total. The standard InChI is InChI=1S/C11H17NO/c1-2-3-5-8-11(13)12-9-6-4-7-10-12/h2,4,6-10H2,1H3. The molecule has 72 valence electrons. The summed E-state index contributed by atoms with van der Waals surface area (Å²) in [5.41, 5.74) is 0. The van der Waals surface area contributed by atoms with Gasteiger partial charge in [0.15, 0.2) is 0 Å². The highest BCUT2D eigenvalue weighted by Gasteiger charge is 2.14. The minimum atomic E-state index is 0.209. The van der Waals surface area contributed by atoms with Gasteiger partial charge in [0.1, 0.15) is 0 Å². The van der Waals surface area contributed by atoms with Gasteiger partial charge in [0.05, 0.1) is 6.42 Å². The monoisotopic (exact) mass is 179 g/mol. The Labute approximate surface area is 80.3 Å². The van der Waals surface area contributed by atoms with Crippen LogP contribution in [-0.4, -0.2) is 23.9 Å². The van der Waals surface area contributed by atoms with Crippen LogP contribution in [0.4, 0.5) is 0 Å². The molecule has 0 unspecified atom stereocenters. The molecule has 0 bridgehead atoms. The fourth-order valence-corrected chi connectivity index (χ4v) is 1.52. The van der Waals surface area contributed by atoms with E-state index in [4.69, 9.17) is 0 Å². The lowest BCUT2D eigenvalue weighted by Gasteiger charge is -2.25. The van der Waals surface area contributed by atoms with Gasteiger partial charge in [-0.05, 0) is 19.3 Å². The van der Waals surface area contributed by atoms with Crippen molar-refractivity contribution in [1.29, 1.82) is 0 Å². The van der Waals surface area contributed by atoms with E-state index in [2.05, 4.69) is 11.8 Å². The Bertz CT molecular complexity index is 218. The van der Waals surface area contributed by atoms with Gasteiger partial charge in [-0.25, -0.2) is 0 Å². The molecule has 1 fully saturated rings. The summed E-state index contributed by atoms with van der Waals surface area (Å²) < 4.78 is 0. The molecule has 0 aliphatic carbocycles. The third kappa shape index (κ3) is 3.50. The Morgan fingerprint density at radius 3 is 2.54 bits per heavy atom. The average molecular weight is 179 g/mol. The van der Waals surface area contributed by atoms with Crippen molar-refractivity contribution < 1.29 is 4.79 Å². The Kier molecular flexibility index (Phi) is 4.39. The molecule has 0 spiro atoms. The fraction of sp³-hybridized carbons (Fsp3) is 0.727. The number of carbonyl (C=O) groups is 1. The lowest BCUT2D eigenvalue weighted by atomic mass is 10.1. The maximum atomic E-state index is 11.5. The van der Waals surface area contributed by atoms with Crippen LogP contribution in [0.1, 0.15) is 39.0 Å². The highest BCUT2D eigenvalue weighted by molar-refractivity contribution is 5.78. The Morgan fingerprint density at radius 1 is 1.23 bits per heavy atom. The summed E-state index contributed by atoms with van der Waals surface area (Å²) in [5.74, 6) is 6.02. The van der Waals surface area contributed by atoms with Crippen LogP contribution in [0.5, 0.6) is 0 Å². The van der Waals surface area contributed by atoms with Gasteiger partial charge in [-0.1, -0.05) is 12.8 Å². The molecule has 0 aromatic heterocycles. The zero-order valence-electron chi connectivity index (χ0n) is 8.31. The molecular formula is C11H17NO. The van der Waals surface area contributed by atoms with Crippen molar-refractivity contribution in [2.45, 2.75) is 39.0 Å². The molecule has 1 aliphatic rings. The topological polar surface area (TPSA) is 20.3 Å². The second-order valence-electron chi connectivity index (χ2n) is 3.33. The molecule has 0 radical (unpaired) electrons. The highest BCUT2D eigenvalue weighted by atomic mass is 16.2. The quantitative estimate of drug-likeness (QED) is 0.562. The molecule has 2 heteroatoms. The van der Waals surface area contributed by atoms with Crippen LogP contribution in [-0.2, 0) is 4.79 Å². The van der Waals surface area contributed by atoms with E-state index in [1.54, 1.807) is 0 Å². The van der Waals surface area contributed by atoms with Gasteiger partial charge < -0.3 is 4.90 Å². The Hall–Kier alpha value is -0.970. The van der Waals surface area contributed by atoms with E-state index in [1.165, 1.54) is 6.42 Å². The van der Waals surface area contributed by atoms with Crippen LogP contribution in [0, 0.1) is 11.8 Å². The Morgan fingerprint density at radius 2 is 1.92 bits per heavy atom. The summed E-state index contributed by atoms with van der Waals surface area (Å²) in [7, 11) is 0. The minimum absolute atomic E-state index is 0.209. The molecular weight excluding hydrogens is 162 g/mol. The van der Waals surface area contributed by atoms with E-state index in [9.17, 15) is 4.79 Å². The summed E-state index contributed by atoms with van der Waals surface area (Å²) in [6, 6.07) is 0. The number of hydrogen-bond donors (Lipinski definition) is 0. The molecule has 0 atom stereocenters. The van der Waals surface area contributed by atoms with Crippen molar-refractivity contribution in [2.75, 3.05) is 13.1 Å². The predicted molar refractivity (Wildman–Crippen MR) is 53.1 cm³/mol. The van der Waals surface area contributed by atoms with Crippen LogP contribution in [0.3, 0.4) is 0 Å². The highest BCUT2D eigenvalue weighted by Crippen LogP contribution is 2.09. The summed E-state index contributed by atoms with van der Waals surface area (Å²) in [5, 5.41) is 0. The lowest BCUT2D eigenvalue weighted by Crippen LogP contribution is -2.35. The van der Waals surface area contributed by atoms with E-state index in [1.807, 2.05) is 11.8 Å². The van der Waals surface area contributed by atoms with Crippen LogP contribution in [0.2, 0.25) is 0 Å². The van der Waals surface area contributed by atoms with Gasteiger partial charge in [0.25, 0.3) is 0 Å². The first-order chi connectivity index (χ1) is 6.34. The number of rotatable bonds is 1. The van der Waals surface area contributed by atoms with E-state index in [0.29, 0.717) is 6.42 Å². The number of carbonyl (C=O) groups excluding carboxylic acids is 1. The molecule has 2 nitrogen and oxygen atoms in total. The normalized spacial score (nSPS) is 16.2. The molecule has 1 rings (SSSR count). The fourth-order valence-electron chi connectivity index (χ4n) is 1.52. The van der Waals surface area contributed by atoms with E-state index in [-0.39, 0.29) is 5.91 Å². The van der Waals surface area contributed by atoms with Crippen molar-refractivity contribution >= 4 is 5.91 Å². The second-order valence-corrected chi connectivity index (χ2v) is 3.33. The summed E-state index contributed by atoms with van der Waals surface area (Å²) in [6.45, 7) is 3.87. The van der Waals surface area contributed by atoms with E-state index >= 15 is 0 Å². The third-order valence-corrected chi connectivity index (χ3v) is 2.25. The summed E-state index contributed by atoms with van der Waals surface area (Å²) in [6.07, 6.45) is 4.84. The van der Waals surface area contributed by atoms with Crippen molar-refractivity contribution in [3.63, 3.8) is 0 Å². The van der Waals surface area contributed by atoms with Gasteiger partial charge >= 0.3 is 0 Å². The first-order valence-corrected chi connectivity index (χ1v) is 5.08. The zero-order valence-corrected chi connectivity index (χ0v) is 8.31. The van der Waals surface area contributed by atoms with E-state index in [0.717, 1.165) is 32.4 Å². The van der Waals surface area contributed by atoms with Crippen LogP contribution in [0.15, 0.2) is 0 Å². The van der Waals surface area contributed by atoms with Crippen LogP contribution < -0.4 is 0 Å². The third-order valence-electron chi connectivity index (χ3n) is 2.25. The van der Waals surface area contributed by atoms with Gasteiger partial charge in [0, 0.05) is 19.5 Å². The SMILES string of the molecule is CCC#CCC(=O)N1CCCCC1. The van der Waals surface area contributed by atoms with Crippen LogP contribution in [0.25, 0.3) is 0 Å². The molecule has 0 aromatic carbocycles. The number of hydrogen-bond acceptors (Lipinski definition) is 1. The van der Waals surface area contributed by atoms with Gasteiger partial charge in [0.2, 0.25) is 5.91 Å². The summed E-state index contributed by atoms with van der Waals surface area (Å²) in [4.78, 5) is 13.4. The molecule has 1 heterocycles. The smallest absolute Gasteiger partial charge is 0.234 e. The van der Waals surface area contributed by atoms with Crippen molar-refractivity contribution in [1.82, 2.24) is 4.90 Å². The Balaban J connectivity index is 2.29. The first kappa shape index (κ1) is 10.1. The van der Waals surface area contributed by atoms with Crippen LogP contribution >= 0.6 is 0 Å². The second kappa shape index (κ2) is 5.64. The molecule has 1 amide bonds. The number of nitrogens with zero attached hydrogens (tertiary/aromatic N) is 1. The van der Waals surface area contributed by atoms with Crippen molar-refractivity contribution in [3.8, 4) is 11.8 Å². The maximum Gasteiger partial charge on any atom is 0.234 e. The lowest BCUT2D eigenvalue weighted by molar-refractivity contribution is -0.130. The molecule has 13 heavy (non-hydrogen) atoms. The first-order valence-electron chi connectivity index (χ1n) is 5.08. The van der Waals surface area contributed by atoms with Crippen molar-refractivity contribution in [2.24, 2.45) is 0 Å².